The maximum atomic E-state index is 12.0. The molecule has 9 rings (SSSR count). The van der Waals surface area contributed by atoms with E-state index in [1.165, 1.54) is 23.5 Å². The van der Waals surface area contributed by atoms with Crippen LogP contribution in [0.25, 0.3) is 0 Å². The van der Waals surface area contributed by atoms with Gasteiger partial charge in [-0.25, -0.2) is 19.9 Å². The number of nitrogens with zero attached hydrogens (tertiary/aromatic N) is 7. The summed E-state index contributed by atoms with van der Waals surface area (Å²) in [6.45, 7) is 15.1. The SMILES string of the molecule is CCC(=O)Nc1ccc(Sc2nc(Nc3cc(C)[nH]n3)cc(NC3CCNCC3)n2)c(C)c1.CCc1cc(Nc2cc(NCCN3CCOCC3)nc(Sc3ccc(NC(=O)C4CC4)cc3)n2)n[nH]1. The molecule has 6 heterocycles. The van der Waals surface area contributed by atoms with Crippen LogP contribution in [0.1, 0.15) is 62.9 Å². The second-order valence-corrected chi connectivity index (χ2v) is 19.1. The van der Waals surface area contributed by atoms with Gasteiger partial charge >= 0.3 is 0 Å². The van der Waals surface area contributed by atoms with Crippen LogP contribution in [0.5, 0.6) is 0 Å². The van der Waals surface area contributed by atoms with E-state index in [2.05, 4.69) is 69.4 Å². The Kier molecular flexibility index (Phi) is 17.3. The standard InChI is InChI=1S/C25H32N8O2S.C23H30N8OS/c1-2-18-15-23(32-31-18)28-22-16-21(26-9-10-33-11-13-35-14-12-33)29-25(30-22)36-20-7-5-19(6-8-20)27-24(34)17-3-4-17;1-4-22(32)26-17-5-6-18(14(2)11-17)33-23-28-19(25-16-7-9-24-10-8-16)13-20(29-23)27-21-12-15(3)30-31-21/h5-8,15-17H,2-4,9-14H2,1H3,(H,27,34)(H3,26,28,29,30,31,32);5-6,11-13,16,24H,4,7-10H2,1-3H3,(H,26,32)(H3,25,27,28,29,30,31). The molecule has 1 aliphatic carbocycles. The highest BCUT2D eigenvalue weighted by Gasteiger charge is 2.29. The van der Waals surface area contributed by atoms with E-state index in [0.717, 1.165) is 140 Å². The van der Waals surface area contributed by atoms with Gasteiger partial charge in [-0.05, 0) is 131 Å². The number of aromatic nitrogens is 8. The Hall–Kier alpha value is -6.26. The minimum absolute atomic E-state index is 0.000793. The Morgan fingerprint density at radius 1 is 0.725 bits per heavy atom. The van der Waals surface area contributed by atoms with E-state index in [9.17, 15) is 9.59 Å². The number of anilines is 8. The number of amides is 2. The first-order valence-corrected chi connectivity index (χ1v) is 25.3. The van der Waals surface area contributed by atoms with Crippen molar-refractivity contribution < 1.29 is 14.3 Å². The second kappa shape index (κ2) is 24.3. The molecule has 364 valence electrons. The predicted molar refractivity (Wildman–Crippen MR) is 273 cm³/mol. The number of piperidine rings is 1. The molecule has 21 heteroatoms. The summed E-state index contributed by atoms with van der Waals surface area (Å²) < 4.78 is 5.44. The lowest BCUT2D eigenvalue weighted by atomic mass is 10.1. The van der Waals surface area contributed by atoms with Gasteiger partial charge in [0.1, 0.15) is 23.3 Å². The molecule has 69 heavy (non-hydrogen) atoms. The van der Waals surface area contributed by atoms with Crippen LogP contribution in [-0.4, -0.2) is 116 Å². The summed E-state index contributed by atoms with van der Waals surface area (Å²) in [6.07, 6.45) is 5.41. The number of hydrogen-bond donors (Lipinski definition) is 9. The summed E-state index contributed by atoms with van der Waals surface area (Å²) in [7, 11) is 0. The van der Waals surface area contributed by atoms with Crippen molar-refractivity contribution in [2.75, 3.05) is 84.4 Å². The van der Waals surface area contributed by atoms with Crippen LogP contribution in [0, 0.1) is 19.8 Å². The van der Waals surface area contributed by atoms with Crippen LogP contribution in [0.2, 0.25) is 0 Å². The number of rotatable bonds is 19. The van der Waals surface area contributed by atoms with Crippen LogP contribution in [0.4, 0.5) is 46.3 Å². The molecule has 0 spiro atoms. The van der Waals surface area contributed by atoms with Gasteiger partial charge in [-0.1, -0.05) is 13.8 Å². The zero-order chi connectivity index (χ0) is 48.0. The average Bonchev–Trinajstić information content (AvgIpc) is 3.98. The molecule has 6 aromatic rings. The number of carbonyl (C=O) groups excluding carboxylic acids is 2. The second-order valence-electron chi connectivity index (χ2n) is 17.1. The molecule has 9 N–H and O–H groups in total. The molecule has 3 aliphatic rings. The summed E-state index contributed by atoms with van der Waals surface area (Å²) in [4.78, 5) is 47.1. The zero-order valence-electron chi connectivity index (χ0n) is 39.6. The minimum Gasteiger partial charge on any atom is -0.379 e. The first-order chi connectivity index (χ1) is 33.6. The molecule has 2 amide bonds. The van der Waals surface area contributed by atoms with Gasteiger partial charge in [0.15, 0.2) is 21.9 Å². The van der Waals surface area contributed by atoms with Gasteiger partial charge in [0.2, 0.25) is 11.8 Å². The summed E-state index contributed by atoms with van der Waals surface area (Å²) in [6, 6.07) is 21.8. The number of ether oxygens (including phenoxy) is 1. The zero-order valence-corrected chi connectivity index (χ0v) is 41.2. The molecule has 4 aromatic heterocycles. The van der Waals surface area contributed by atoms with Gasteiger partial charge < -0.3 is 42.0 Å². The lowest BCUT2D eigenvalue weighted by Gasteiger charge is -2.26. The fourth-order valence-electron chi connectivity index (χ4n) is 7.42. The molecule has 0 radical (unpaired) electrons. The molecular weight excluding hydrogens is 913 g/mol. The van der Waals surface area contributed by atoms with Gasteiger partial charge in [0.25, 0.3) is 0 Å². The molecule has 0 bridgehead atoms. The van der Waals surface area contributed by atoms with E-state index in [4.69, 9.17) is 24.7 Å². The van der Waals surface area contributed by atoms with E-state index < -0.39 is 0 Å². The Morgan fingerprint density at radius 3 is 2.06 bits per heavy atom. The maximum absolute atomic E-state index is 12.0. The summed E-state index contributed by atoms with van der Waals surface area (Å²) >= 11 is 2.97. The van der Waals surface area contributed by atoms with Gasteiger partial charge in [-0.2, -0.15) is 10.2 Å². The normalized spacial score (nSPS) is 15.1. The van der Waals surface area contributed by atoms with Crippen molar-refractivity contribution in [1.82, 2.24) is 50.5 Å². The van der Waals surface area contributed by atoms with E-state index in [1.54, 1.807) is 0 Å². The van der Waals surface area contributed by atoms with Crippen molar-refractivity contribution in [1.29, 1.82) is 0 Å². The lowest BCUT2D eigenvalue weighted by Crippen LogP contribution is -2.39. The van der Waals surface area contributed by atoms with Crippen molar-refractivity contribution in [2.24, 2.45) is 5.92 Å². The largest absolute Gasteiger partial charge is 0.379 e. The molecule has 3 fully saturated rings. The number of carbonyl (C=O) groups is 2. The van der Waals surface area contributed by atoms with Gasteiger partial charge in [0.05, 0.1) is 13.2 Å². The van der Waals surface area contributed by atoms with Gasteiger partial charge in [0, 0.05) is 101 Å². The van der Waals surface area contributed by atoms with Crippen molar-refractivity contribution in [3.05, 3.63) is 83.7 Å². The third-order valence-corrected chi connectivity index (χ3v) is 13.3. The summed E-state index contributed by atoms with van der Waals surface area (Å²) in [5.74, 6) is 4.61. The number of aromatic amines is 2. The number of nitrogens with one attached hydrogen (secondary N) is 9. The van der Waals surface area contributed by atoms with E-state index in [1.807, 2.05) is 87.5 Å². The quantitative estimate of drug-likeness (QED) is 0.0350. The minimum atomic E-state index is -0.000793. The number of aryl methyl sites for hydroxylation is 3. The Bertz CT molecular complexity index is 2630. The smallest absolute Gasteiger partial charge is 0.227 e. The highest BCUT2D eigenvalue weighted by atomic mass is 32.2. The number of benzene rings is 2. The third kappa shape index (κ3) is 15.4. The number of H-pyrrole nitrogens is 2. The third-order valence-electron chi connectivity index (χ3n) is 11.4. The van der Waals surface area contributed by atoms with Crippen LogP contribution < -0.4 is 37.2 Å². The highest BCUT2D eigenvalue weighted by molar-refractivity contribution is 7.99. The van der Waals surface area contributed by atoms with Crippen LogP contribution in [-0.2, 0) is 20.7 Å². The van der Waals surface area contributed by atoms with Crippen LogP contribution in [0.15, 0.2) is 86.8 Å². The Morgan fingerprint density at radius 2 is 1.39 bits per heavy atom. The fraction of sp³-hybridized carbons (Fsp3) is 0.417. The highest BCUT2D eigenvalue weighted by Crippen LogP contribution is 2.34. The first kappa shape index (κ1) is 49.2. The van der Waals surface area contributed by atoms with Crippen molar-refractivity contribution in [2.45, 2.75) is 92.4 Å². The fourth-order valence-corrected chi connectivity index (χ4v) is 9.03. The number of hydrogen-bond acceptors (Lipinski definition) is 17. The molecule has 0 atom stereocenters. The van der Waals surface area contributed by atoms with Crippen molar-refractivity contribution in [3.8, 4) is 0 Å². The van der Waals surface area contributed by atoms with Gasteiger partial charge in [-0.3, -0.25) is 24.7 Å². The summed E-state index contributed by atoms with van der Waals surface area (Å²) in [5.41, 5.74) is 4.68. The predicted octanol–water partition coefficient (Wildman–Crippen LogP) is 7.97. The van der Waals surface area contributed by atoms with Crippen molar-refractivity contribution >= 4 is 81.6 Å². The first-order valence-electron chi connectivity index (χ1n) is 23.7. The summed E-state index contributed by atoms with van der Waals surface area (Å²) in [5, 5.41) is 38.6. The molecule has 19 nitrogen and oxygen atoms in total. The van der Waals surface area contributed by atoms with Crippen LogP contribution in [0.3, 0.4) is 0 Å². The monoisotopic (exact) mass is 974 g/mol. The topological polar surface area (TPSA) is 240 Å². The van der Waals surface area contributed by atoms with Crippen molar-refractivity contribution in [3.63, 3.8) is 0 Å². The molecule has 2 aliphatic heterocycles. The lowest BCUT2D eigenvalue weighted by molar-refractivity contribution is -0.117. The average molecular weight is 975 g/mol. The number of morpholine rings is 1. The van der Waals surface area contributed by atoms with E-state index in [0.29, 0.717) is 40.2 Å². The molecule has 0 unspecified atom stereocenters. The Labute approximate surface area is 411 Å². The molecule has 2 aromatic carbocycles. The molecular formula is C48H62N16O3S2. The molecule has 2 saturated heterocycles. The maximum Gasteiger partial charge on any atom is 0.227 e. The Balaban J connectivity index is 0.000000187. The molecule has 1 saturated carbocycles. The van der Waals surface area contributed by atoms with Crippen LogP contribution >= 0.6 is 23.5 Å². The van der Waals surface area contributed by atoms with E-state index >= 15 is 0 Å². The van der Waals surface area contributed by atoms with Gasteiger partial charge in [-0.15, -0.1) is 0 Å². The van der Waals surface area contributed by atoms with E-state index in [-0.39, 0.29) is 17.7 Å².